The molecule has 0 spiro atoms. The number of fused-ring (bicyclic) bond motifs is 1. The van der Waals surface area contributed by atoms with Gasteiger partial charge in [0.15, 0.2) is 0 Å². The average molecular weight is 340 g/mol. The second-order valence-electron chi connectivity index (χ2n) is 7.31. The Bertz CT molecular complexity index is 784. The van der Waals surface area contributed by atoms with Crippen molar-refractivity contribution < 1.29 is 9.13 Å². The fourth-order valence-electron chi connectivity index (χ4n) is 4.05. The summed E-state index contributed by atoms with van der Waals surface area (Å²) in [5, 5.41) is 0. The maximum Gasteiger partial charge on any atom is 0.131 e. The Kier molecular flexibility index (Phi) is 4.48. The first-order valence-corrected chi connectivity index (χ1v) is 9.15. The highest BCUT2D eigenvalue weighted by Crippen LogP contribution is 2.40. The Morgan fingerprint density at radius 1 is 1.16 bits per heavy atom. The SMILES string of the molecule is Cc1cc(CN2CCCC2)cc(-c2cc(F)cc3c2O[C@@H](CN)C3)c1. The number of nitrogens with zero attached hydrogens (tertiary/aromatic N) is 1. The van der Waals surface area contributed by atoms with E-state index in [1.165, 1.54) is 37.1 Å². The highest BCUT2D eigenvalue weighted by molar-refractivity contribution is 5.74. The molecule has 2 heterocycles. The zero-order valence-electron chi connectivity index (χ0n) is 14.7. The summed E-state index contributed by atoms with van der Waals surface area (Å²) in [6, 6.07) is 9.69. The molecule has 1 atom stereocenters. The number of hydrogen-bond acceptors (Lipinski definition) is 3. The molecule has 0 amide bonds. The van der Waals surface area contributed by atoms with E-state index in [9.17, 15) is 4.39 Å². The van der Waals surface area contributed by atoms with Crippen LogP contribution in [0, 0.1) is 12.7 Å². The molecule has 3 nitrogen and oxygen atoms in total. The zero-order chi connectivity index (χ0) is 17.4. The average Bonchev–Trinajstić information content (AvgIpc) is 3.22. The van der Waals surface area contributed by atoms with Crippen LogP contribution in [0.15, 0.2) is 30.3 Å². The smallest absolute Gasteiger partial charge is 0.131 e. The van der Waals surface area contributed by atoms with Gasteiger partial charge in [-0.15, -0.1) is 0 Å². The monoisotopic (exact) mass is 340 g/mol. The van der Waals surface area contributed by atoms with E-state index in [2.05, 4.69) is 30.0 Å². The number of likely N-dealkylation sites (tertiary alicyclic amines) is 1. The third-order valence-corrected chi connectivity index (χ3v) is 5.18. The number of rotatable bonds is 4. The van der Waals surface area contributed by atoms with E-state index in [1.54, 1.807) is 12.1 Å². The van der Waals surface area contributed by atoms with Crippen LogP contribution in [0.1, 0.15) is 29.5 Å². The van der Waals surface area contributed by atoms with Crippen molar-refractivity contribution in [2.24, 2.45) is 5.73 Å². The summed E-state index contributed by atoms with van der Waals surface area (Å²) in [6.45, 7) is 5.84. The molecule has 0 aromatic heterocycles. The minimum Gasteiger partial charge on any atom is -0.488 e. The number of ether oxygens (including phenoxy) is 1. The van der Waals surface area contributed by atoms with Gasteiger partial charge in [0.05, 0.1) is 0 Å². The highest BCUT2D eigenvalue weighted by atomic mass is 19.1. The molecule has 0 unspecified atom stereocenters. The van der Waals surface area contributed by atoms with Gasteiger partial charge in [0.1, 0.15) is 17.7 Å². The molecule has 0 radical (unpaired) electrons. The molecular formula is C21H25FN2O. The molecule has 132 valence electrons. The van der Waals surface area contributed by atoms with Crippen LogP contribution in [0.2, 0.25) is 0 Å². The summed E-state index contributed by atoms with van der Waals surface area (Å²) in [7, 11) is 0. The van der Waals surface area contributed by atoms with Gasteiger partial charge in [-0.25, -0.2) is 4.39 Å². The fourth-order valence-corrected chi connectivity index (χ4v) is 4.05. The van der Waals surface area contributed by atoms with Crippen molar-refractivity contribution in [2.45, 2.75) is 38.8 Å². The maximum absolute atomic E-state index is 14.2. The van der Waals surface area contributed by atoms with E-state index in [-0.39, 0.29) is 11.9 Å². The van der Waals surface area contributed by atoms with Crippen LogP contribution in [-0.2, 0) is 13.0 Å². The van der Waals surface area contributed by atoms with Crippen LogP contribution in [0.25, 0.3) is 11.1 Å². The maximum atomic E-state index is 14.2. The number of aryl methyl sites for hydroxylation is 1. The van der Waals surface area contributed by atoms with Crippen LogP contribution in [0.3, 0.4) is 0 Å². The third kappa shape index (κ3) is 3.42. The van der Waals surface area contributed by atoms with Gasteiger partial charge in [-0.2, -0.15) is 0 Å². The van der Waals surface area contributed by atoms with Gasteiger partial charge in [0.25, 0.3) is 0 Å². The Balaban J connectivity index is 1.71. The van der Waals surface area contributed by atoms with E-state index >= 15 is 0 Å². The van der Waals surface area contributed by atoms with E-state index in [0.717, 1.165) is 29.0 Å². The molecule has 1 fully saturated rings. The molecule has 0 bridgehead atoms. The Hall–Kier alpha value is -1.91. The van der Waals surface area contributed by atoms with Gasteiger partial charge < -0.3 is 10.5 Å². The lowest BCUT2D eigenvalue weighted by Gasteiger charge is -2.17. The summed E-state index contributed by atoms with van der Waals surface area (Å²) in [6.07, 6.45) is 3.20. The van der Waals surface area contributed by atoms with Crippen molar-refractivity contribution in [1.29, 1.82) is 0 Å². The van der Waals surface area contributed by atoms with Crippen molar-refractivity contribution in [3.8, 4) is 16.9 Å². The molecule has 2 N–H and O–H groups in total. The van der Waals surface area contributed by atoms with E-state index in [1.807, 2.05) is 0 Å². The van der Waals surface area contributed by atoms with Crippen LogP contribution < -0.4 is 10.5 Å². The summed E-state index contributed by atoms with van der Waals surface area (Å²) in [4.78, 5) is 2.48. The van der Waals surface area contributed by atoms with Crippen molar-refractivity contribution >= 4 is 0 Å². The molecule has 0 saturated carbocycles. The lowest BCUT2D eigenvalue weighted by atomic mass is 9.97. The number of hydrogen-bond donors (Lipinski definition) is 1. The Labute approximate surface area is 148 Å². The summed E-state index contributed by atoms with van der Waals surface area (Å²) in [5.74, 6) is 0.590. The zero-order valence-corrected chi connectivity index (χ0v) is 14.7. The van der Waals surface area contributed by atoms with Crippen LogP contribution >= 0.6 is 0 Å². The van der Waals surface area contributed by atoms with Crippen molar-refractivity contribution in [3.63, 3.8) is 0 Å². The van der Waals surface area contributed by atoms with Crippen molar-refractivity contribution in [2.75, 3.05) is 19.6 Å². The lowest BCUT2D eigenvalue weighted by molar-refractivity contribution is 0.242. The van der Waals surface area contributed by atoms with Crippen LogP contribution in [-0.4, -0.2) is 30.6 Å². The van der Waals surface area contributed by atoms with Crippen molar-refractivity contribution in [1.82, 2.24) is 4.90 Å². The van der Waals surface area contributed by atoms with Gasteiger partial charge in [-0.05, 0) is 62.2 Å². The summed E-state index contributed by atoms with van der Waals surface area (Å²) >= 11 is 0. The van der Waals surface area contributed by atoms with E-state index in [0.29, 0.717) is 13.0 Å². The predicted octanol–water partition coefficient (Wildman–Crippen LogP) is 3.66. The topological polar surface area (TPSA) is 38.5 Å². The minimum absolute atomic E-state index is 0.0515. The molecule has 2 aromatic carbocycles. The van der Waals surface area contributed by atoms with E-state index in [4.69, 9.17) is 10.5 Å². The van der Waals surface area contributed by atoms with Gasteiger partial charge in [0.2, 0.25) is 0 Å². The fraction of sp³-hybridized carbons (Fsp3) is 0.429. The molecule has 2 aromatic rings. The standard InChI is InChI=1S/C21H25FN2O/c1-14-6-15(13-24-4-2-3-5-24)8-16(7-14)20-11-18(22)9-17-10-19(12-23)25-21(17)20/h6-9,11,19H,2-5,10,12-13,23H2,1H3/t19-/m1/s1. The molecule has 1 saturated heterocycles. The van der Waals surface area contributed by atoms with Gasteiger partial charge in [-0.3, -0.25) is 4.90 Å². The number of halogens is 1. The summed E-state index contributed by atoms with van der Waals surface area (Å²) < 4.78 is 20.2. The number of nitrogens with two attached hydrogens (primary N) is 1. The van der Waals surface area contributed by atoms with Gasteiger partial charge in [0, 0.05) is 30.6 Å². The molecule has 0 aliphatic carbocycles. The van der Waals surface area contributed by atoms with Crippen LogP contribution in [0.4, 0.5) is 4.39 Å². The first-order valence-electron chi connectivity index (χ1n) is 9.15. The second kappa shape index (κ2) is 6.77. The highest BCUT2D eigenvalue weighted by Gasteiger charge is 2.26. The molecule has 2 aliphatic heterocycles. The summed E-state index contributed by atoms with van der Waals surface area (Å²) in [5.41, 5.74) is 11.0. The first kappa shape index (κ1) is 16.6. The van der Waals surface area contributed by atoms with Crippen molar-refractivity contribution in [3.05, 3.63) is 52.8 Å². The minimum atomic E-state index is -0.211. The Morgan fingerprint density at radius 2 is 1.96 bits per heavy atom. The van der Waals surface area contributed by atoms with Gasteiger partial charge in [-0.1, -0.05) is 17.7 Å². The quantitative estimate of drug-likeness (QED) is 0.923. The lowest BCUT2D eigenvalue weighted by Crippen LogP contribution is -2.24. The molecule has 2 aliphatic rings. The predicted molar refractivity (Wildman–Crippen MR) is 98.3 cm³/mol. The third-order valence-electron chi connectivity index (χ3n) is 5.18. The second-order valence-corrected chi connectivity index (χ2v) is 7.31. The molecule has 4 rings (SSSR count). The molecule has 25 heavy (non-hydrogen) atoms. The molecule has 4 heteroatoms. The number of benzene rings is 2. The normalized spacial score (nSPS) is 19.9. The largest absolute Gasteiger partial charge is 0.488 e. The van der Waals surface area contributed by atoms with Gasteiger partial charge >= 0.3 is 0 Å². The molecular weight excluding hydrogens is 315 g/mol. The Morgan fingerprint density at radius 3 is 2.72 bits per heavy atom. The van der Waals surface area contributed by atoms with Crippen LogP contribution in [0.5, 0.6) is 5.75 Å². The first-order chi connectivity index (χ1) is 12.1. The van der Waals surface area contributed by atoms with E-state index < -0.39 is 0 Å².